The van der Waals surface area contributed by atoms with Crippen LogP contribution in [-0.2, 0) is 0 Å². The van der Waals surface area contributed by atoms with Gasteiger partial charge in [-0.15, -0.1) is 0 Å². The van der Waals surface area contributed by atoms with Crippen molar-refractivity contribution in [2.45, 2.75) is 41.5 Å². The summed E-state index contributed by atoms with van der Waals surface area (Å²) in [4.78, 5) is 4.35. The maximum Gasteiger partial charge on any atom is 0.0427 e. The molecule has 74 valence electrons. The highest BCUT2D eigenvalue weighted by Crippen LogP contribution is 2.15. The second-order valence-corrected chi connectivity index (χ2v) is 3.79. The van der Waals surface area contributed by atoms with Gasteiger partial charge in [0.15, 0.2) is 0 Å². The summed E-state index contributed by atoms with van der Waals surface area (Å²) in [6, 6.07) is 0. The Labute approximate surface area is 82.3 Å². The van der Waals surface area contributed by atoms with Crippen molar-refractivity contribution >= 4 is 6.21 Å². The van der Waals surface area contributed by atoms with Crippen LogP contribution in [0, 0.1) is 5.92 Å². The van der Waals surface area contributed by atoms with Gasteiger partial charge >= 0.3 is 0 Å². The third-order valence-electron chi connectivity index (χ3n) is 2.02. The lowest BCUT2D eigenvalue weighted by molar-refractivity contribution is 0.757. The highest BCUT2D eigenvalue weighted by atomic mass is 14.7. The van der Waals surface area contributed by atoms with Crippen LogP contribution in [0.2, 0.25) is 0 Å². The SMILES string of the molecule is C/C=N\C(=C/C(C)=C(C)C)C(C)C. The lowest BCUT2D eigenvalue weighted by atomic mass is 10.1. The molecular weight excluding hydrogens is 158 g/mol. The van der Waals surface area contributed by atoms with E-state index >= 15 is 0 Å². The molecule has 1 heteroatoms. The zero-order chi connectivity index (χ0) is 10.4. The van der Waals surface area contributed by atoms with Crippen LogP contribution in [0.1, 0.15) is 41.5 Å². The normalized spacial score (nSPS) is 12.7. The molecule has 13 heavy (non-hydrogen) atoms. The van der Waals surface area contributed by atoms with Gasteiger partial charge in [-0.2, -0.15) is 0 Å². The number of nitrogens with zero attached hydrogens (tertiary/aromatic N) is 1. The zero-order valence-corrected chi connectivity index (χ0v) is 9.68. The van der Waals surface area contributed by atoms with Gasteiger partial charge in [-0.3, -0.25) is 4.99 Å². The van der Waals surface area contributed by atoms with E-state index in [0.29, 0.717) is 5.92 Å². The first-order valence-electron chi connectivity index (χ1n) is 4.83. The van der Waals surface area contributed by atoms with E-state index in [1.807, 2.05) is 13.1 Å². The van der Waals surface area contributed by atoms with E-state index in [-0.39, 0.29) is 0 Å². The monoisotopic (exact) mass is 179 g/mol. The van der Waals surface area contributed by atoms with E-state index < -0.39 is 0 Å². The van der Waals surface area contributed by atoms with Gasteiger partial charge in [-0.05, 0) is 39.7 Å². The Hall–Kier alpha value is -0.850. The van der Waals surface area contributed by atoms with Gasteiger partial charge in [0.1, 0.15) is 0 Å². The van der Waals surface area contributed by atoms with Crippen molar-refractivity contribution in [2.24, 2.45) is 10.9 Å². The van der Waals surface area contributed by atoms with Crippen LogP contribution in [0.4, 0.5) is 0 Å². The van der Waals surface area contributed by atoms with E-state index in [2.05, 4.69) is 45.7 Å². The largest absolute Gasteiger partial charge is 0.266 e. The molecule has 0 aliphatic heterocycles. The molecule has 0 N–H and O–H groups in total. The summed E-state index contributed by atoms with van der Waals surface area (Å²) in [7, 11) is 0. The summed E-state index contributed by atoms with van der Waals surface area (Å²) >= 11 is 0. The van der Waals surface area contributed by atoms with E-state index in [9.17, 15) is 0 Å². The van der Waals surface area contributed by atoms with E-state index in [1.165, 1.54) is 11.1 Å². The smallest absolute Gasteiger partial charge is 0.0427 e. The summed E-state index contributed by atoms with van der Waals surface area (Å²) in [6.45, 7) is 12.7. The number of aliphatic imine (C=N–C) groups is 1. The Kier molecular flexibility index (Phi) is 5.36. The van der Waals surface area contributed by atoms with E-state index in [1.54, 1.807) is 0 Å². The van der Waals surface area contributed by atoms with Crippen LogP contribution in [-0.4, -0.2) is 6.21 Å². The van der Waals surface area contributed by atoms with Crippen LogP contribution in [0.3, 0.4) is 0 Å². The van der Waals surface area contributed by atoms with Crippen molar-refractivity contribution in [1.82, 2.24) is 0 Å². The van der Waals surface area contributed by atoms with E-state index in [4.69, 9.17) is 0 Å². The molecule has 0 unspecified atom stereocenters. The fourth-order valence-corrected chi connectivity index (χ4v) is 0.868. The molecule has 0 aromatic rings. The molecule has 0 aromatic heterocycles. The van der Waals surface area contributed by atoms with Gasteiger partial charge in [-0.25, -0.2) is 0 Å². The molecule has 0 aromatic carbocycles. The summed E-state index contributed by atoms with van der Waals surface area (Å²) in [5.74, 6) is 0.491. The first-order valence-corrected chi connectivity index (χ1v) is 4.83. The average Bonchev–Trinajstić information content (AvgIpc) is 2.03. The maximum absolute atomic E-state index is 4.35. The molecule has 0 aliphatic rings. The Balaban J connectivity index is 4.84. The minimum atomic E-state index is 0.491. The molecule has 1 nitrogen and oxygen atoms in total. The highest BCUT2D eigenvalue weighted by Gasteiger charge is 2.00. The van der Waals surface area contributed by atoms with Crippen LogP contribution in [0.15, 0.2) is 27.9 Å². The number of hydrogen-bond acceptors (Lipinski definition) is 1. The molecule has 0 rings (SSSR count). The topological polar surface area (TPSA) is 12.4 Å². The number of rotatable bonds is 3. The molecular formula is C12H21N. The fraction of sp³-hybridized carbons (Fsp3) is 0.583. The molecule has 0 amide bonds. The van der Waals surface area contributed by atoms with Crippen molar-refractivity contribution in [3.05, 3.63) is 22.9 Å². The second kappa shape index (κ2) is 5.74. The van der Waals surface area contributed by atoms with Crippen molar-refractivity contribution in [3.8, 4) is 0 Å². The van der Waals surface area contributed by atoms with Crippen LogP contribution in [0.25, 0.3) is 0 Å². The molecule has 0 spiro atoms. The highest BCUT2D eigenvalue weighted by molar-refractivity contribution is 5.55. The third kappa shape index (κ3) is 4.66. The van der Waals surface area contributed by atoms with Crippen molar-refractivity contribution in [1.29, 1.82) is 0 Å². The third-order valence-corrected chi connectivity index (χ3v) is 2.02. The van der Waals surface area contributed by atoms with Crippen LogP contribution < -0.4 is 0 Å². The molecule has 0 fully saturated rings. The van der Waals surface area contributed by atoms with E-state index in [0.717, 1.165) is 5.70 Å². The lowest BCUT2D eigenvalue weighted by Gasteiger charge is -2.06. The van der Waals surface area contributed by atoms with Gasteiger partial charge in [0.05, 0.1) is 0 Å². The van der Waals surface area contributed by atoms with Gasteiger partial charge in [-0.1, -0.05) is 25.0 Å². The Morgan fingerprint density at radius 3 is 2.00 bits per heavy atom. The predicted octanol–water partition coefficient (Wildman–Crippen LogP) is 3.97. The molecule has 0 radical (unpaired) electrons. The first kappa shape index (κ1) is 12.2. The average molecular weight is 179 g/mol. The predicted molar refractivity (Wildman–Crippen MR) is 61.1 cm³/mol. The Bertz CT molecular complexity index is 238. The minimum absolute atomic E-state index is 0.491. The van der Waals surface area contributed by atoms with Gasteiger partial charge < -0.3 is 0 Å². The Morgan fingerprint density at radius 1 is 1.15 bits per heavy atom. The summed E-state index contributed by atoms with van der Waals surface area (Å²) in [5.41, 5.74) is 3.82. The molecule has 0 saturated carbocycles. The molecule has 0 bridgehead atoms. The number of hydrogen-bond donors (Lipinski definition) is 0. The van der Waals surface area contributed by atoms with Crippen LogP contribution in [0.5, 0.6) is 0 Å². The second-order valence-electron chi connectivity index (χ2n) is 3.79. The maximum atomic E-state index is 4.35. The lowest BCUT2D eigenvalue weighted by Crippen LogP contribution is -1.92. The molecule has 0 aliphatic carbocycles. The molecule has 0 saturated heterocycles. The van der Waals surface area contributed by atoms with Gasteiger partial charge in [0, 0.05) is 11.9 Å². The van der Waals surface area contributed by atoms with Crippen molar-refractivity contribution < 1.29 is 0 Å². The summed E-state index contributed by atoms with van der Waals surface area (Å²) in [6.07, 6.45) is 4.02. The first-order chi connectivity index (χ1) is 5.99. The van der Waals surface area contributed by atoms with Gasteiger partial charge in [0.2, 0.25) is 0 Å². The molecule has 0 atom stereocenters. The fourth-order valence-electron chi connectivity index (χ4n) is 0.868. The molecule has 0 heterocycles. The summed E-state index contributed by atoms with van der Waals surface area (Å²) < 4.78 is 0. The quantitative estimate of drug-likeness (QED) is 0.459. The van der Waals surface area contributed by atoms with Crippen molar-refractivity contribution in [3.63, 3.8) is 0 Å². The zero-order valence-electron chi connectivity index (χ0n) is 9.68. The van der Waals surface area contributed by atoms with Crippen LogP contribution >= 0.6 is 0 Å². The van der Waals surface area contributed by atoms with Gasteiger partial charge in [0.25, 0.3) is 0 Å². The number of allylic oxidation sites excluding steroid dienone is 4. The van der Waals surface area contributed by atoms with Crippen molar-refractivity contribution in [2.75, 3.05) is 0 Å². The minimum Gasteiger partial charge on any atom is -0.266 e. The summed E-state index contributed by atoms with van der Waals surface area (Å²) in [5, 5.41) is 0. The Morgan fingerprint density at radius 2 is 1.69 bits per heavy atom. The standard InChI is InChI=1S/C12H21N/c1-7-13-12(10(4)5)8-11(6)9(2)3/h7-8,10H,1-6H3/b12-8-,13-7-.